The topological polar surface area (TPSA) is 88.1 Å². The number of nitrogens with zero attached hydrogens (tertiary/aromatic N) is 1. The van der Waals surface area contributed by atoms with Crippen LogP contribution in [-0.4, -0.2) is 73.0 Å². The molecule has 2 N–H and O–H groups in total. The van der Waals surface area contributed by atoms with Gasteiger partial charge >= 0.3 is 5.97 Å². The van der Waals surface area contributed by atoms with E-state index in [4.69, 9.17) is 9.47 Å². The molecule has 1 aromatic carbocycles. The van der Waals surface area contributed by atoms with Gasteiger partial charge in [-0.25, -0.2) is 0 Å². The average Bonchev–Trinajstić information content (AvgIpc) is 3.31. The molecule has 1 aromatic rings. The van der Waals surface area contributed by atoms with E-state index in [1.807, 2.05) is 30.3 Å². The van der Waals surface area contributed by atoms with Crippen molar-refractivity contribution < 1.29 is 24.2 Å². The zero-order valence-corrected chi connectivity index (χ0v) is 26.2. The first kappa shape index (κ1) is 29.6. The Morgan fingerprint density at radius 2 is 1.86 bits per heavy atom. The van der Waals surface area contributed by atoms with Gasteiger partial charge in [-0.1, -0.05) is 56.7 Å². The van der Waals surface area contributed by atoms with Crippen LogP contribution in [0.3, 0.4) is 0 Å². The summed E-state index contributed by atoms with van der Waals surface area (Å²) >= 11 is 0. The number of ether oxygens (including phenoxy) is 2. The number of carbonyl (C=O) groups is 2. The smallest absolute Gasteiger partial charge is 0.302 e. The molecule has 0 unspecified atom stereocenters. The molecule has 0 spiro atoms. The minimum atomic E-state index is -0.695. The van der Waals surface area contributed by atoms with Crippen LogP contribution in [0.25, 0.3) is 0 Å². The second kappa shape index (κ2) is 10.3. The molecule has 1 amide bonds. The number of esters is 1. The zero-order chi connectivity index (χ0) is 30.2. The minimum Gasteiger partial charge on any atom is -0.462 e. The van der Waals surface area contributed by atoms with E-state index in [9.17, 15) is 14.7 Å². The van der Waals surface area contributed by atoms with Gasteiger partial charge in [0.15, 0.2) is 0 Å². The van der Waals surface area contributed by atoms with Gasteiger partial charge in [0.1, 0.15) is 6.10 Å². The molecular weight excluding hydrogens is 528 g/mol. The van der Waals surface area contributed by atoms with Gasteiger partial charge in [-0.05, 0) is 81.2 Å². The summed E-state index contributed by atoms with van der Waals surface area (Å²) in [6.45, 7) is 11.3. The van der Waals surface area contributed by atoms with E-state index in [1.165, 1.54) is 18.1 Å². The Morgan fingerprint density at radius 3 is 2.52 bits per heavy atom. The van der Waals surface area contributed by atoms with Crippen LogP contribution >= 0.6 is 0 Å². The Bertz CT molecular complexity index is 1310. The maximum absolute atomic E-state index is 13.2. The number of amides is 1. The van der Waals surface area contributed by atoms with Crippen LogP contribution in [0.15, 0.2) is 53.6 Å². The quantitative estimate of drug-likeness (QED) is 0.492. The van der Waals surface area contributed by atoms with Gasteiger partial charge in [0, 0.05) is 35.8 Å². The highest BCUT2D eigenvalue weighted by molar-refractivity contribution is 5.94. The Kier molecular flexibility index (Phi) is 7.26. The maximum Gasteiger partial charge on any atom is 0.302 e. The van der Waals surface area contributed by atoms with Crippen molar-refractivity contribution in [1.29, 1.82) is 0 Å². The lowest BCUT2D eigenvalue weighted by atomic mass is 9.51. The van der Waals surface area contributed by atoms with E-state index in [-0.39, 0.29) is 58.7 Å². The first-order chi connectivity index (χ1) is 19.8. The molecule has 1 saturated heterocycles. The van der Waals surface area contributed by atoms with Gasteiger partial charge in [-0.2, -0.15) is 0 Å². The number of rotatable bonds is 5. The number of fused-ring (bicyclic) bond motifs is 3. The van der Waals surface area contributed by atoms with Crippen molar-refractivity contribution in [1.82, 2.24) is 10.2 Å². The van der Waals surface area contributed by atoms with Crippen LogP contribution < -0.4 is 5.32 Å². The second-order valence-electron chi connectivity index (χ2n) is 14.8. The molecule has 7 nitrogen and oxygen atoms in total. The van der Waals surface area contributed by atoms with Gasteiger partial charge in [-0.15, -0.1) is 0 Å². The third-order valence-electron chi connectivity index (χ3n) is 12.4. The van der Waals surface area contributed by atoms with Crippen LogP contribution in [0.4, 0.5) is 0 Å². The van der Waals surface area contributed by atoms with E-state index in [2.05, 4.69) is 64.2 Å². The van der Waals surface area contributed by atoms with E-state index in [0.29, 0.717) is 18.6 Å². The zero-order valence-electron chi connectivity index (χ0n) is 26.2. The van der Waals surface area contributed by atoms with E-state index >= 15 is 0 Å². The highest BCUT2D eigenvalue weighted by Crippen LogP contribution is 2.69. The molecule has 6 rings (SSSR count). The summed E-state index contributed by atoms with van der Waals surface area (Å²) in [6.07, 6.45) is 7.10. The summed E-state index contributed by atoms with van der Waals surface area (Å²) in [5.41, 5.74) is 2.59. The average molecular weight is 577 g/mol. The van der Waals surface area contributed by atoms with Crippen LogP contribution in [0.5, 0.6) is 0 Å². The van der Waals surface area contributed by atoms with Gasteiger partial charge in [0.2, 0.25) is 0 Å². The fraction of sp³-hybridized carbons (Fsp3) is 0.657. The largest absolute Gasteiger partial charge is 0.462 e. The molecule has 42 heavy (non-hydrogen) atoms. The summed E-state index contributed by atoms with van der Waals surface area (Å²) in [5, 5.41) is 14.7. The second-order valence-corrected chi connectivity index (χ2v) is 14.8. The number of carbonyl (C=O) groups excluding carboxylic acids is 2. The molecule has 11 atom stereocenters. The number of hydrogen-bond donors (Lipinski definition) is 2. The molecule has 1 aliphatic heterocycles. The lowest BCUT2D eigenvalue weighted by Gasteiger charge is -2.53. The number of benzene rings is 1. The Balaban J connectivity index is 1.34. The molecule has 228 valence electrons. The first-order valence-corrected chi connectivity index (χ1v) is 15.7. The van der Waals surface area contributed by atoms with Crippen molar-refractivity contribution in [3.05, 3.63) is 59.2 Å². The minimum absolute atomic E-state index is 0.00236. The standard InChI is InChI=1S/C35H48N2O5/c1-20(37(6)7)29-28(42-21(2)38)18-35(5)25-17-27-30-24(15-23(25)13-14-34(29,35)4)16-26(39)31(33(30,3)19-41-27)36-32(40)22-11-9-8-10-12-22/h8-13,15,20,25-31,39H,14,16-19H2,1-7H3,(H,36,40)/t20-,25+,26+,27-,28+,29-,30-,31-,33-,34+,35-/m0/s1. The molecule has 5 aliphatic rings. The third kappa shape index (κ3) is 4.33. The highest BCUT2D eigenvalue weighted by atomic mass is 16.5. The summed E-state index contributed by atoms with van der Waals surface area (Å²) < 4.78 is 12.8. The highest BCUT2D eigenvalue weighted by Gasteiger charge is 2.67. The van der Waals surface area contributed by atoms with Crippen LogP contribution in [0.1, 0.15) is 70.7 Å². The Morgan fingerprint density at radius 1 is 1.14 bits per heavy atom. The predicted molar refractivity (Wildman–Crippen MR) is 162 cm³/mol. The summed E-state index contributed by atoms with van der Waals surface area (Å²) in [4.78, 5) is 27.8. The van der Waals surface area contributed by atoms with Crippen molar-refractivity contribution in [3.63, 3.8) is 0 Å². The summed E-state index contributed by atoms with van der Waals surface area (Å²) in [5.74, 6) is 0.190. The van der Waals surface area contributed by atoms with Gasteiger partial charge in [-0.3, -0.25) is 9.59 Å². The van der Waals surface area contributed by atoms with E-state index < -0.39 is 17.6 Å². The van der Waals surface area contributed by atoms with Crippen LogP contribution in [0, 0.1) is 34.0 Å². The SMILES string of the molecule is CC(=O)O[C@@H]1C[C@@]2(C)[C@@H]3C[C@@H]4OC[C@]5(C)[C@@H](NC(=O)c6ccccc6)[C@H](O)CC(=CC3=CC[C@]2(C)[C@H]1[C@H](C)N(C)C)[C@@H]45. The Labute approximate surface area is 250 Å². The van der Waals surface area contributed by atoms with Crippen molar-refractivity contribution in [2.75, 3.05) is 20.7 Å². The monoisotopic (exact) mass is 576 g/mol. The van der Waals surface area contributed by atoms with Crippen molar-refractivity contribution in [2.45, 2.75) is 90.7 Å². The molecule has 2 saturated carbocycles. The molecule has 0 aromatic heterocycles. The number of hydrogen-bond acceptors (Lipinski definition) is 6. The van der Waals surface area contributed by atoms with Gasteiger partial charge < -0.3 is 24.8 Å². The molecule has 3 fully saturated rings. The first-order valence-electron chi connectivity index (χ1n) is 15.7. The van der Waals surface area contributed by atoms with Crippen molar-refractivity contribution in [3.8, 4) is 0 Å². The maximum atomic E-state index is 13.2. The number of nitrogens with one attached hydrogen (secondary N) is 1. The van der Waals surface area contributed by atoms with Crippen molar-refractivity contribution in [2.24, 2.45) is 34.0 Å². The van der Waals surface area contributed by atoms with Gasteiger partial charge in [0.25, 0.3) is 5.91 Å². The van der Waals surface area contributed by atoms with Crippen LogP contribution in [-0.2, 0) is 14.3 Å². The fourth-order valence-electron chi connectivity index (χ4n) is 10.0. The van der Waals surface area contributed by atoms with E-state index in [1.54, 1.807) is 0 Å². The Hall–Kier alpha value is -2.48. The molecular formula is C35H48N2O5. The third-order valence-corrected chi connectivity index (χ3v) is 12.4. The molecule has 4 aliphatic carbocycles. The van der Waals surface area contributed by atoms with Crippen molar-refractivity contribution >= 4 is 11.9 Å². The van der Waals surface area contributed by atoms with E-state index in [0.717, 1.165) is 19.3 Å². The molecule has 0 bridgehead atoms. The summed E-state index contributed by atoms with van der Waals surface area (Å²) in [6, 6.07) is 9.07. The predicted octanol–water partition coefficient (Wildman–Crippen LogP) is 4.76. The number of allylic oxidation sites excluding steroid dienone is 3. The van der Waals surface area contributed by atoms with Gasteiger partial charge in [0.05, 0.1) is 24.9 Å². The molecule has 7 heteroatoms. The lowest BCUT2D eigenvalue weighted by molar-refractivity contribution is -0.150. The van der Waals surface area contributed by atoms with Crippen LogP contribution in [0.2, 0.25) is 0 Å². The fourth-order valence-corrected chi connectivity index (χ4v) is 10.0. The number of aliphatic hydroxyl groups is 1. The normalized spacial score (nSPS) is 42.8. The lowest BCUT2D eigenvalue weighted by Crippen LogP contribution is -2.60. The molecule has 1 heterocycles. The number of aliphatic hydroxyl groups excluding tert-OH is 1. The molecule has 0 radical (unpaired) electrons. The summed E-state index contributed by atoms with van der Waals surface area (Å²) in [7, 11) is 4.23.